The summed E-state index contributed by atoms with van der Waals surface area (Å²) in [4.78, 5) is 16.6. The Balaban J connectivity index is 2.50. The molecule has 0 amide bonds. The first-order valence-electron chi connectivity index (χ1n) is 6.32. The molecular weight excluding hydrogens is 278 g/mol. The maximum absolute atomic E-state index is 12.3. The largest absolute Gasteiger partial charge is 0.465 e. The lowest BCUT2D eigenvalue weighted by atomic mass is 9.98. The van der Waals surface area contributed by atoms with Crippen molar-refractivity contribution in [2.24, 2.45) is 7.05 Å². The van der Waals surface area contributed by atoms with E-state index in [1.54, 1.807) is 43.8 Å². The van der Waals surface area contributed by atoms with Crippen molar-refractivity contribution in [2.75, 3.05) is 6.61 Å². The Morgan fingerprint density at radius 2 is 2.25 bits per heavy atom. The third-order valence-electron chi connectivity index (χ3n) is 2.87. The maximum Gasteiger partial charge on any atom is 0.321 e. The number of carbonyl (C=O) groups excluding carboxylic acids is 1. The van der Waals surface area contributed by atoms with Gasteiger partial charge in [0.15, 0.2) is 0 Å². The topological polar surface area (TPSA) is 57.0 Å². The molecule has 2 aromatic rings. The van der Waals surface area contributed by atoms with Gasteiger partial charge in [-0.25, -0.2) is 4.98 Å². The summed E-state index contributed by atoms with van der Waals surface area (Å²) in [6, 6.07) is 7.13. The van der Waals surface area contributed by atoms with Gasteiger partial charge in [0.2, 0.25) is 0 Å². The molecule has 0 N–H and O–H groups in total. The van der Waals surface area contributed by atoms with Crippen LogP contribution in [0.3, 0.4) is 0 Å². The van der Waals surface area contributed by atoms with Gasteiger partial charge < -0.3 is 4.74 Å². The normalized spacial score (nSPS) is 12.2. The van der Waals surface area contributed by atoms with Crippen LogP contribution in [0, 0.1) is 6.92 Å². The van der Waals surface area contributed by atoms with Gasteiger partial charge in [-0.3, -0.25) is 9.48 Å². The number of hydrogen-bond donors (Lipinski definition) is 0. The van der Waals surface area contributed by atoms with Crippen LogP contribution in [0.15, 0.2) is 24.3 Å². The molecule has 0 spiro atoms. The van der Waals surface area contributed by atoms with Crippen LogP contribution in [0.5, 0.6) is 0 Å². The number of benzene rings is 1. The monoisotopic (exact) mass is 293 g/mol. The molecule has 2 rings (SSSR count). The van der Waals surface area contributed by atoms with Crippen LogP contribution < -0.4 is 0 Å². The highest BCUT2D eigenvalue weighted by Crippen LogP contribution is 2.26. The molecule has 106 valence electrons. The first-order valence-corrected chi connectivity index (χ1v) is 6.70. The van der Waals surface area contributed by atoms with Crippen molar-refractivity contribution in [3.05, 3.63) is 46.5 Å². The van der Waals surface area contributed by atoms with Crippen LogP contribution in [0.4, 0.5) is 0 Å². The molecule has 0 radical (unpaired) electrons. The minimum absolute atomic E-state index is 0.312. The quantitative estimate of drug-likeness (QED) is 0.813. The summed E-state index contributed by atoms with van der Waals surface area (Å²) in [6.45, 7) is 3.87. The average molecular weight is 294 g/mol. The zero-order chi connectivity index (χ0) is 14.7. The molecule has 0 bridgehead atoms. The van der Waals surface area contributed by atoms with Gasteiger partial charge in [-0.15, -0.1) is 0 Å². The van der Waals surface area contributed by atoms with Crippen LogP contribution >= 0.6 is 11.6 Å². The number of ether oxygens (including phenoxy) is 1. The van der Waals surface area contributed by atoms with Crippen LogP contribution in [0.1, 0.15) is 30.1 Å². The summed E-state index contributed by atoms with van der Waals surface area (Å²) >= 11 is 6.01. The van der Waals surface area contributed by atoms with Crippen molar-refractivity contribution in [1.29, 1.82) is 0 Å². The molecule has 1 unspecified atom stereocenters. The SMILES string of the molecule is CCOC(=O)C(c1cccc(Cl)c1)c1nc(C)nn1C. The first-order chi connectivity index (χ1) is 9.52. The second-order valence-electron chi connectivity index (χ2n) is 4.38. The molecule has 1 atom stereocenters. The molecule has 20 heavy (non-hydrogen) atoms. The van der Waals surface area contributed by atoms with Crippen molar-refractivity contribution in [2.45, 2.75) is 19.8 Å². The Bertz CT molecular complexity index is 625. The van der Waals surface area contributed by atoms with E-state index in [1.807, 2.05) is 6.07 Å². The molecule has 0 saturated heterocycles. The standard InChI is InChI=1S/C14H16ClN3O2/c1-4-20-14(19)12(10-6-5-7-11(15)8-10)13-16-9(2)17-18(13)3/h5-8,12H,4H2,1-3H3. The van der Waals surface area contributed by atoms with Crippen molar-refractivity contribution in [3.63, 3.8) is 0 Å². The smallest absolute Gasteiger partial charge is 0.321 e. The van der Waals surface area contributed by atoms with Crippen LogP contribution in [-0.4, -0.2) is 27.3 Å². The fraction of sp³-hybridized carbons (Fsp3) is 0.357. The van der Waals surface area contributed by atoms with Gasteiger partial charge in [0, 0.05) is 12.1 Å². The highest BCUT2D eigenvalue weighted by atomic mass is 35.5. The van der Waals surface area contributed by atoms with Crippen molar-refractivity contribution in [1.82, 2.24) is 14.8 Å². The molecule has 0 aliphatic rings. The molecule has 0 fully saturated rings. The Kier molecular flexibility index (Phi) is 4.39. The number of carbonyl (C=O) groups is 1. The van der Waals surface area contributed by atoms with E-state index >= 15 is 0 Å². The van der Waals surface area contributed by atoms with Gasteiger partial charge in [0.25, 0.3) is 0 Å². The third kappa shape index (κ3) is 2.99. The fourth-order valence-electron chi connectivity index (χ4n) is 2.08. The maximum atomic E-state index is 12.3. The van der Waals surface area contributed by atoms with E-state index in [1.165, 1.54) is 0 Å². The Morgan fingerprint density at radius 3 is 2.80 bits per heavy atom. The van der Waals surface area contributed by atoms with Crippen molar-refractivity contribution in [3.8, 4) is 0 Å². The summed E-state index contributed by atoms with van der Waals surface area (Å²) < 4.78 is 6.75. The first kappa shape index (κ1) is 14.5. The van der Waals surface area contributed by atoms with Crippen molar-refractivity contribution >= 4 is 17.6 Å². The lowest BCUT2D eigenvalue weighted by Gasteiger charge is -2.15. The van der Waals surface area contributed by atoms with Crippen LogP contribution in [-0.2, 0) is 16.6 Å². The van der Waals surface area contributed by atoms with E-state index < -0.39 is 5.92 Å². The summed E-state index contributed by atoms with van der Waals surface area (Å²) in [5.41, 5.74) is 0.742. The Hall–Kier alpha value is -1.88. The lowest BCUT2D eigenvalue weighted by Crippen LogP contribution is -2.21. The number of nitrogens with zero attached hydrogens (tertiary/aromatic N) is 3. The number of halogens is 1. The number of aryl methyl sites for hydroxylation is 2. The van der Waals surface area contributed by atoms with Gasteiger partial charge in [-0.05, 0) is 31.5 Å². The molecule has 0 aliphatic heterocycles. The highest BCUT2D eigenvalue weighted by molar-refractivity contribution is 6.30. The van der Waals surface area contributed by atoms with Gasteiger partial charge in [-0.2, -0.15) is 5.10 Å². The Labute approximate surface area is 122 Å². The van der Waals surface area contributed by atoms with Crippen molar-refractivity contribution < 1.29 is 9.53 Å². The zero-order valence-electron chi connectivity index (χ0n) is 11.6. The lowest BCUT2D eigenvalue weighted by molar-refractivity contribution is -0.144. The van der Waals surface area contributed by atoms with Crippen LogP contribution in [0.2, 0.25) is 5.02 Å². The average Bonchev–Trinajstić information content (AvgIpc) is 2.69. The molecule has 0 aliphatic carbocycles. The molecule has 1 aromatic carbocycles. The molecule has 5 nitrogen and oxygen atoms in total. The minimum atomic E-state index is -0.625. The second-order valence-corrected chi connectivity index (χ2v) is 4.82. The van der Waals surface area contributed by atoms with Gasteiger partial charge >= 0.3 is 5.97 Å². The van der Waals surface area contributed by atoms with E-state index in [0.29, 0.717) is 23.3 Å². The zero-order valence-corrected chi connectivity index (χ0v) is 12.4. The second kappa shape index (κ2) is 6.05. The summed E-state index contributed by atoms with van der Waals surface area (Å²) in [6.07, 6.45) is 0. The fourth-order valence-corrected chi connectivity index (χ4v) is 2.28. The molecule has 1 heterocycles. The summed E-state index contributed by atoms with van der Waals surface area (Å²) in [5.74, 6) is 0.173. The van der Waals surface area contributed by atoms with E-state index in [0.717, 1.165) is 5.56 Å². The van der Waals surface area contributed by atoms with Crippen LogP contribution in [0.25, 0.3) is 0 Å². The van der Waals surface area contributed by atoms with E-state index in [9.17, 15) is 4.79 Å². The summed E-state index contributed by atoms with van der Waals surface area (Å²) in [7, 11) is 1.76. The third-order valence-corrected chi connectivity index (χ3v) is 3.10. The van der Waals surface area contributed by atoms with Gasteiger partial charge in [0.05, 0.1) is 6.61 Å². The molecule has 0 saturated carbocycles. The number of hydrogen-bond acceptors (Lipinski definition) is 4. The van der Waals surface area contributed by atoms with E-state index in [4.69, 9.17) is 16.3 Å². The number of esters is 1. The molecule has 6 heteroatoms. The Morgan fingerprint density at radius 1 is 1.50 bits per heavy atom. The highest BCUT2D eigenvalue weighted by Gasteiger charge is 2.29. The van der Waals surface area contributed by atoms with Gasteiger partial charge in [-0.1, -0.05) is 23.7 Å². The predicted octanol–water partition coefficient (Wildman–Crippen LogP) is 2.47. The number of aromatic nitrogens is 3. The summed E-state index contributed by atoms with van der Waals surface area (Å²) in [5, 5.41) is 4.75. The van der Waals surface area contributed by atoms with Gasteiger partial charge in [0.1, 0.15) is 17.6 Å². The molecular formula is C14H16ClN3O2. The van der Waals surface area contributed by atoms with E-state index in [-0.39, 0.29) is 5.97 Å². The minimum Gasteiger partial charge on any atom is -0.465 e. The molecule has 1 aromatic heterocycles. The predicted molar refractivity (Wildman–Crippen MR) is 75.7 cm³/mol. The number of rotatable bonds is 4. The van der Waals surface area contributed by atoms with E-state index in [2.05, 4.69) is 10.1 Å².